The lowest BCUT2D eigenvalue weighted by Gasteiger charge is -2.23. The zero-order chi connectivity index (χ0) is 25.1. The largest absolute Gasteiger partial charge is 0.418 e. The van der Waals surface area contributed by atoms with E-state index in [0.717, 1.165) is 34.6 Å². The van der Waals surface area contributed by atoms with E-state index in [1.807, 2.05) is 5.32 Å². The number of para-hydroxylation sites is 1. The van der Waals surface area contributed by atoms with Crippen LogP contribution in [0.25, 0.3) is 0 Å². The molecule has 1 N–H and O–H groups in total. The van der Waals surface area contributed by atoms with Crippen LogP contribution in [-0.4, -0.2) is 20.9 Å². The van der Waals surface area contributed by atoms with Crippen molar-refractivity contribution in [3.63, 3.8) is 0 Å². The van der Waals surface area contributed by atoms with Crippen LogP contribution in [0.5, 0.6) is 0 Å². The second-order valence-corrected chi connectivity index (χ2v) is 9.24. The average Bonchev–Trinajstić information content (AvgIpc) is 2.78. The maximum Gasteiger partial charge on any atom is 0.418 e. The van der Waals surface area contributed by atoms with Gasteiger partial charge in [-0.3, -0.25) is 9.10 Å². The van der Waals surface area contributed by atoms with Crippen molar-refractivity contribution in [1.29, 1.82) is 0 Å². The smallest absolute Gasteiger partial charge is 0.321 e. The summed E-state index contributed by atoms with van der Waals surface area (Å²) in [7, 11) is -4.28. The van der Waals surface area contributed by atoms with Crippen LogP contribution >= 0.6 is 11.6 Å². The van der Waals surface area contributed by atoms with Crippen molar-refractivity contribution >= 4 is 38.9 Å². The van der Waals surface area contributed by atoms with Crippen LogP contribution in [0.15, 0.2) is 84.3 Å². The molecule has 0 saturated heterocycles. The van der Waals surface area contributed by atoms with E-state index in [4.69, 9.17) is 11.6 Å². The first-order valence-corrected chi connectivity index (χ1v) is 11.4. The summed E-state index contributed by atoms with van der Waals surface area (Å²) in [5.41, 5.74) is -2.35. The average molecular weight is 513 g/mol. The maximum absolute atomic E-state index is 14.5. The van der Waals surface area contributed by atoms with E-state index in [1.165, 1.54) is 18.2 Å². The predicted octanol–water partition coefficient (Wildman–Crippen LogP) is 6.13. The molecule has 0 aliphatic rings. The number of halogens is 5. The standard InChI is InChI=1S/C23H17ClF4N2O3S/c1-2-12-30(16-6-4-3-5-7-16)34(32,33)17-9-10-20(25)18(14-17)22(31)29-21-11-8-15(24)13-19(21)23(26,27)28/h2-11,13-14H,1,12H2,(H,29,31). The number of amides is 1. The minimum absolute atomic E-state index is 0.120. The van der Waals surface area contributed by atoms with Gasteiger partial charge in [-0.1, -0.05) is 35.9 Å². The van der Waals surface area contributed by atoms with E-state index in [2.05, 4.69) is 6.58 Å². The highest BCUT2D eigenvalue weighted by Crippen LogP contribution is 2.37. The van der Waals surface area contributed by atoms with Crippen LogP contribution in [0, 0.1) is 5.82 Å². The summed E-state index contributed by atoms with van der Waals surface area (Å²) >= 11 is 5.63. The Morgan fingerprint density at radius 3 is 2.35 bits per heavy atom. The first-order chi connectivity index (χ1) is 15.9. The number of hydrogen-bond acceptors (Lipinski definition) is 3. The zero-order valence-corrected chi connectivity index (χ0v) is 18.9. The van der Waals surface area contributed by atoms with Crippen LogP contribution in [0.3, 0.4) is 0 Å². The van der Waals surface area contributed by atoms with Gasteiger partial charge >= 0.3 is 6.18 Å². The van der Waals surface area contributed by atoms with Gasteiger partial charge in [-0.15, -0.1) is 6.58 Å². The molecule has 3 rings (SSSR count). The molecule has 0 bridgehead atoms. The predicted molar refractivity (Wildman–Crippen MR) is 122 cm³/mol. The van der Waals surface area contributed by atoms with Crippen LogP contribution in [-0.2, 0) is 16.2 Å². The molecule has 3 aromatic carbocycles. The van der Waals surface area contributed by atoms with Gasteiger partial charge in [-0.25, -0.2) is 12.8 Å². The van der Waals surface area contributed by atoms with Gasteiger partial charge in [0, 0.05) is 5.02 Å². The third-order valence-corrected chi connectivity index (χ3v) is 6.67. The molecular formula is C23H17ClF4N2O3S. The lowest BCUT2D eigenvalue weighted by atomic mass is 10.1. The number of nitrogens with one attached hydrogen (secondary N) is 1. The van der Waals surface area contributed by atoms with E-state index < -0.39 is 49.6 Å². The highest BCUT2D eigenvalue weighted by molar-refractivity contribution is 7.92. The van der Waals surface area contributed by atoms with Gasteiger partial charge in [-0.2, -0.15) is 13.2 Å². The van der Waals surface area contributed by atoms with Crippen molar-refractivity contribution in [2.75, 3.05) is 16.2 Å². The number of carbonyl (C=O) groups is 1. The lowest BCUT2D eigenvalue weighted by molar-refractivity contribution is -0.136. The normalized spacial score (nSPS) is 11.7. The monoisotopic (exact) mass is 512 g/mol. The summed E-state index contributed by atoms with van der Waals surface area (Å²) in [4.78, 5) is 12.2. The molecule has 0 aliphatic heterocycles. The quantitative estimate of drug-likeness (QED) is 0.306. The Balaban J connectivity index is 2.01. The van der Waals surface area contributed by atoms with Crippen molar-refractivity contribution in [2.45, 2.75) is 11.1 Å². The number of sulfonamides is 1. The van der Waals surface area contributed by atoms with Crippen LogP contribution < -0.4 is 9.62 Å². The third-order valence-electron chi connectivity index (χ3n) is 4.64. The fourth-order valence-corrected chi connectivity index (χ4v) is 4.70. The second-order valence-electron chi connectivity index (χ2n) is 6.94. The molecule has 0 fully saturated rings. The number of anilines is 2. The number of hydrogen-bond donors (Lipinski definition) is 1. The van der Waals surface area contributed by atoms with Crippen LogP contribution in [0.2, 0.25) is 5.02 Å². The molecule has 11 heteroatoms. The number of carbonyl (C=O) groups excluding carboxylic acids is 1. The number of alkyl halides is 3. The molecule has 3 aromatic rings. The minimum atomic E-state index is -4.85. The Morgan fingerprint density at radius 2 is 1.74 bits per heavy atom. The van der Waals surface area contributed by atoms with Crippen molar-refractivity contribution in [3.8, 4) is 0 Å². The molecule has 0 spiro atoms. The van der Waals surface area contributed by atoms with Crippen molar-refractivity contribution < 1.29 is 30.8 Å². The summed E-state index contributed by atoms with van der Waals surface area (Å²) < 4.78 is 81.9. The van der Waals surface area contributed by atoms with E-state index in [-0.39, 0.29) is 11.6 Å². The molecule has 1 amide bonds. The number of benzene rings is 3. The van der Waals surface area contributed by atoms with E-state index in [1.54, 1.807) is 18.2 Å². The molecular weight excluding hydrogens is 496 g/mol. The third kappa shape index (κ3) is 5.40. The SMILES string of the molecule is C=CCN(c1ccccc1)S(=O)(=O)c1ccc(F)c(C(=O)Nc2ccc(Cl)cc2C(F)(F)F)c1. The summed E-state index contributed by atoms with van der Waals surface area (Å²) in [5.74, 6) is -2.38. The summed E-state index contributed by atoms with van der Waals surface area (Å²) in [6.45, 7) is 3.42. The summed E-state index contributed by atoms with van der Waals surface area (Å²) in [6, 6.07) is 13.1. The summed E-state index contributed by atoms with van der Waals surface area (Å²) in [5, 5.41) is 1.77. The van der Waals surface area contributed by atoms with E-state index in [0.29, 0.717) is 11.8 Å². The second kappa shape index (κ2) is 9.86. The first kappa shape index (κ1) is 25.3. The van der Waals surface area contributed by atoms with Crippen molar-refractivity contribution in [1.82, 2.24) is 0 Å². The molecule has 0 aromatic heterocycles. The fraction of sp³-hybridized carbons (Fsp3) is 0.0870. The van der Waals surface area contributed by atoms with Crippen molar-refractivity contribution in [3.05, 3.63) is 101 Å². The Morgan fingerprint density at radius 1 is 1.06 bits per heavy atom. The number of nitrogens with zero attached hydrogens (tertiary/aromatic N) is 1. The van der Waals surface area contributed by atoms with Gasteiger partial charge < -0.3 is 5.32 Å². The van der Waals surface area contributed by atoms with E-state index >= 15 is 0 Å². The first-order valence-electron chi connectivity index (χ1n) is 9.61. The van der Waals surface area contributed by atoms with Crippen LogP contribution in [0.1, 0.15) is 15.9 Å². The highest BCUT2D eigenvalue weighted by Gasteiger charge is 2.34. The lowest BCUT2D eigenvalue weighted by Crippen LogP contribution is -2.31. The molecule has 34 heavy (non-hydrogen) atoms. The summed E-state index contributed by atoms with van der Waals surface area (Å²) in [6.07, 6.45) is -3.50. The van der Waals surface area contributed by atoms with Gasteiger partial charge in [0.15, 0.2) is 0 Å². The van der Waals surface area contributed by atoms with Gasteiger partial charge in [0.05, 0.1) is 33.9 Å². The topological polar surface area (TPSA) is 66.5 Å². The Labute approximate surface area is 198 Å². The van der Waals surface area contributed by atoms with Gasteiger partial charge in [0.1, 0.15) is 5.82 Å². The van der Waals surface area contributed by atoms with Gasteiger partial charge in [0.25, 0.3) is 15.9 Å². The maximum atomic E-state index is 14.5. The Hall–Kier alpha value is -3.37. The highest BCUT2D eigenvalue weighted by atomic mass is 35.5. The molecule has 0 radical (unpaired) electrons. The minimum Gasteiger partial charge on any atom is -0.321 e. The Bertz CT molecular complexity index is 1330. The van der Waals surface area contributed by atoms with Crippen LogP contribution in [0.4, 0.5) is 28.9 Å². The van der Waals surface area contributed by atoms with Crippen molar-refractivity contribution in [2.24, 2.45) is 0 Å². The van der Waals surface area contributed by atoms with Gasteiger partial charge in [0.2, 0.25) is 0 Å². The molecule has 0 aliphatic carbocycles. The molecule has 0 unspecified atom stereocenters. The zero-order valence-electron chi connectivity index (χ0n) is 17.3. The molecule has 0 heterocycles. The molecule has 178 valence electrons. The number of rotatable bonds is 7. The molecule has 0 atom stereocenters. The van der Waals surface area contributed by atoms with E-state index in [9.17, 15) is 30.8 Å². The Kier molecular flexibility index (Phi) is 7.32. The molecule has 5 nitrogen and oxygen atoms in total. The molecule has 0 saturated carbocycles. The van der Waals surface area contributed by atoms with Gasteiger partial charge in [-0.05, 0) is 48.5 Å². The fourth-order valence-electron chi connectivity index (χ4n) is 3.07.